The van der Waals surface area contributed by atoms with E-state index in [0.717, 1.165) is 12.8 Å². The van der Waals surface area contributed by atoms with Crippen molar-refractivity contribution in [3.8, 4) is 0 Å². The Morgan fingerprint density at radius 1 is 1.50 bits per heavy atom. The smallest absolute Gasteiger partial charge is 1.00 e. The van der Waals surface area contributed by atoms with Crippen molar-refractivity contribution in [1.82, 2.24) is 0 Å². The van der Waals surface area contributed by atoms with Gasteiger partial charge in [0.05, 0.1) is 12.7 Å². The molecular formula is C6H16BNaO4. The summed E-state index contributed by atoms with van der Waals surface area (Å²) in [4.78, 5) is 0. The van der Waals surface area contributed by atoms with Crippen LogP contribution >= 0.6 is 0 Å². The van der Waals surface area contributed by atoms with E-state index in [1.165, 1.54) is 0 Å². The van der Waals surface area contributed by atoms with Crippen LogP contribution in [-0.4, -0.2) is 35.2 Å². The van der Waals surface area contributed by atoms with Crippen LogP contribution in [-0.2, 0) is 4.65 Å². The Morgan fingerprint density at radius 3 is 2.50 bits per heavy atom. The molecule has 3 N–H and O–H groups in total. The van der Waals surface area contributed by atoms with Gasteiger partial charge >= 0.3 is 36.9 Å². The summed E-state index contributed by atoms with van der Waals surface area (Å²) in [6, 6.07) is 0. The first-order chi connectivity index (χ1) is 5.16. The zero-order chi connectivity index (χ0) is 8.69. The molecule has 0 rings (SSSR count). The molecule has 0 fully saturated rings. The minimum absolute atomic E-state index is 0. The second-order valence-corrected chi connectivity index (χ2v) is 2.46. The Bertz CT molecular complexity index is 98.7. The monoisotopic (exact) mass is 186 g/mol. The molecule has 0 aliphatic carbocycles. The van der Waals surface area contributed by atoms with Crippen LogP contribution < -0.4 is 29.6 Å². The Labute approximate surface area is 96.9 Å². The average Bonchev–Trinajstić information content (AvgIpc) is 1.97. The maximum absolute atomic E-state index is 9.08. The molecule has 68 valence electrons. The second-order valence-electron chi connectivity index (χ2n) is 2.46. The minimum atomic E-state index is -1.77. The van der Waals surface area contributed by atoms with Crippen molar-refractivity contribution in [3.05, 3.63) is 0 Å². The predicted octanol–water partition coefficient (Wildman–Crippen LogP) is -3.36. The molecule has 1 unspecified atom stereocenters. The third-order valence-corrected chi connectivity index (χ3v) is 1.33. The quantitative estimate of drug-likeness (QED) is 0.379. The molecule has 0 aromatic carbocycles. The summed E-state index contributed by atoms with van der Waals surface area (Å²) in [7, 11) is -1.77. The molecule has 0 spiro atoms. The maximum atomic E-state index is 9.08. The average molecular weight is 186 g/mol. The fourth-order valence-electron chi connectivity index (χ4n) is 0.720. The van der Waals surface area contributed by atoms with Crippen LogP contribution in [0.3, 0.4) is 0 Å². The zero-order valence-corrected chi connectivity index (χ0v) is 9.73. The van der Waals surface area contributed by atoms with Gasteiger partial charge in [-0.3, -0.25) is 0 Å². The van der Waals surface area contributed by atoms with Crippen LogP contribution in [0, 0.1) is 0 Å². The van der Waals surface area contributed by atoms with Gasteiger partial charge in [-0.2, -0.15) is 0 Å². The van der Waals surface area contributed by atoms with Gasteiger partial charge in [0.1, 0.15) is 0 Å². The van der Waals surface area contributed by atoms with Gasteiger partial charge in [-0.15, -0.1) is 0 Å². The number of unbranched alkanes of at least 4 members (excludes halogenated alkanes) is 1. The molecule has 0 aromatic rings. The van der Waals surface area contributed by atoms with Crippen molar-refractivity contribution in [1.29, 1.82) is 0 Å². The molecule has 0 saturated heterocycles. The Morgan fingerprint density at radius 2 is 2.08 bits per heavy atom. The Balaban J connectivity index is -0.000000500. The van der Waals surface area contributed by atoms with Crippen molar-refractivity contribution in [2.45, 2.75) is 32.3 Å². The largest absolute Gasteiger partial charge is 1.00 e. The van der Waals surface area contributed by atoms with Crippen LogP contribution in [0.15, 0.2) is 0 Å². The van der Waals surface area contributed by atoms with Gasteiger partial charge in [0.15, 0.2) is 0 Å². The number of hydrogen-bond donors (Lipinski definition) is 3. The Hall–Kier alpha value is 0.905. The second kappa shape index (κ2) is 9.99. The van der Waals surface area contributed by atoms with E-state index in [-0.39, 0.29) is 37.6 Å². The van der Waals surface area contributed by atoms with Gasteiger partial charge in [0, 0.05) is 0 Å². The molecule has 1 atom stereocenters. The summed E-state index contributed by atoms with van der Waals surface area (Å²) in [5, 5.41) is 25.6. The maximum Gasteiger partial charge on any atom is 1.00 e. The topological polar surface area (TPSA) is 69.9 Å². The predicted molar refractivity (Wildman–Crippen MR) is 42.8 cm³/mol. The molecule has 0 radical (unpaired) electrons. The van der Waals surface area contributed by atoms with Crippen LogP contribution in [0.1, 0.15) is 27.6 Å². The van der Waals surface area contributed by atoms with Crippen LogP contribution in [0.25, 0.3) is 0 Å². The third-order valence-electron chi connectivity index (χ3n) is 1.33. The first-order valence-corrected chi connectivity index (χ1v) is 3.82. The van der Waals surface area contributed by atoms with E-state index >= 15 is 0 Å². The van der Waals surface area contributed by atoms with Crippen molar-refractivity contribution < 1.29 is 50.8 Å². The van der Waals surface area contributed by atoms with Crippen molar-refractivity contribution in [3.63, 3.8) is 0 Å². The van der Waals surface area contributed by atoms with Gasteiger partial charge < -0.3 is 21.2 Å². The van der Waals surface area contributed by atoms with Gasteiger partial charge in [-0.1, -0.05) is 19.8 Å². The fraction of sp³-hybridized carbons (Fsp3) is 1.00. The molecule has 0 aliphatic heterocycles. The normalized spacial score (nSPS) is 12.0. The molecule has 0 heterocycles. The molecule has 12 heavy (non-hydrogen) atoms. The zero-order valence-electron chi connectivity index (χ0n) is 8.73. The van der Waals surface area contributed by atoms with E-state index in [2.05, 4.69) is 4.65 Å². The number of aliphatic hydroxyl groups excluding tert-OH is 1. The van der Waals surface area contributed by atoms with E-state index < -0.39 is 13.4 Å². The summed E-state index contributed by atoms with van der Waals surface area (Å²) < 4.78 is 4.36. The summed E-state index contributed by atoms with van der Waals surface area (Å²) in [6.45, 7) is 2.01. The van der Waals surface area contributed by atoms with Crippen molar-refractivity contribution >= 4 is 7.32 Å². The van der Waals surface area contributed by atoms with Crippen molar-refractivity contribution in [2.24, 2.45) is 0 Å². The van der Waals surface area contributed by atoms with E-state index in [0.29, 0.717) is 6.42 Å². The van der Waals surface area contributed by atoms with Gasteiger partial charge in [0.2, 0.25) is 0 Å². The molecular weight excluding hydrogens is 170 g/mol. The molecule has 0 amide bonds. The third kappa shape index (κ3) is 10.9. The molecule has 4 nitrogen and oxygen atoms in total. The van der Waals surface area contributed by atoms with Gasteiger partial charge in [-0.05, 0) is 6.42 Å². The van der Waals surface area contributed by atoms with E-state index in [9.17, 15) is 0 Å². The first kappa shape index (κ1) is 15.4. The summed E-state index contributed by atoms with van der Waals surface area (Å²) in [6.07, 6.45) is 1.99. The van der Waals surface area contributed by atoms with E-state index in [1.807, 2.05) is 6.92 Å². The number of aliphatic hydroxyl groups is 1. The van der Waals surface area contributed by atoms with Gasteiger partial charge in [-0.25, -0.2) is 0 Å². The number of rotatable bonds is 6. The fourth-order valence-corrected chi connectivity index (χ4v) is 0.720. The van der Waals surface area contributed by atoms with Crippen LogP contribution in [0.4, 0.5) is 0 Å². The summed E-state index contributed by atoms with van der Waals surface area (Å²) >= 11 is 0. The molecule has 0 aliphatic rings. The molecule has 0 saturated carbocycles. The SMILES string of the molecule is CCCCC(O)COB(O)O.[H-].[Na+]. The first-order valence-electron chi connectivity index (χ1n) is 3.82. The minimum Gasteiger partial charge on any atom is -1.00 e. The van der Waals surface area contributed by atoms with Crippen LogP contribution in [0.5, 0.6) is 0 Å². The van der Waals surface area contributed by atoms with E-state index in [4.69, 9.17) is 15.2 Å². The summed E-state index contributed by atoms with van der Waals surface area (Å²) in [5.41, 5.74) is 0. The van der Waals surface area contributed by atoms with Crippen LogP contribution in [0.2, 0.25) is 0 Å². The molecule has 0 bridgehead atoms. The van der Waals surface area contributed by atoms with Crippen molar-refractivity contribution in [2.75, 3.05) is 6.61 Å². The molecule has 0 aromatic heterocycles. The summed E-state index contributed by atoms with van der Waals surface area (Å²) in [5.74, 6) is 0. The Kier molecular flexibility index (Phi) is 12.8. The van der Waals surface area contributed by atoms with Gasteiger partial charge in [0.25, 0.3) is 0 Å². The van der Waals surface area contributed by atoms with E-state index in [1.54, 1.807) is 0 Å². The standard InChI is InChI=1S/C6H15BO4.Na.H/c1-2-3-4-6(8)5-11-7(9)10;;/h6,8-10H,2-5H2,1H3;;/q;+1;-1. The molecule has 6 heteroatoms. The number of hydrogen-bond acceptors (Lipinski definition) is 4.